The van der Waals surface area contributed by atoms with Crippen molar-refractivity contribution in [2.75, 3.05) is 28.2 Å². The van der Waals surface area contributed by atoms with Crippen molar-refractivity contribution < 1.29 is 24.3 Å². The Balaban J connectivity index is 0.000000669. The summed E-state index contributed by atoms with van der Waals surface area (Å²) in [6, 6.07) is 38.3. The molecule has 0 aromatic heterocycles. The summed E-state index contributed by atoms with van der Waals surface area (Å²) in [4.78, 5) is 43.9. The Morgan fingerprint density at radius 3 is 0.962 bits per heavy atom. The topological polar surface area (TPSA) is 203 Å². The molecular weight excluding hydrogens is 668 g/mol. The summed E-state index contributed by atoms with van der Waals surface area (Å²) in [6.07, 6.45) is 2.58. The molecule has 0 aliphatic rings. The van der Waals surface area contributed by atoms with Crippen molar-refractivity contribution in [3.63, 3.8) is 0 Å². The number of nitrogens with one attached hydrogen (secondary N) is 3. The number of aliphatic carboxylic acids is 1. The number of nitrogens with two attached hydrogens (primary N) is 3. The number of carbonyl (C=O) groups excluding carboxylic acids is 3. The molecule has 4 unspecified atom stereocenters. The number of amides is 3. The molecule has 0 saturated heterocycles. The van der Waals surface area contributed by atoms with Crippen molar-refractivity contribution in [3.05, 3.63) is 144 Å². The van der Waals surface area contributed by atoms with Crippen LogP contribution in [0.1, 0.15) is 36.1 Å². The van der Waals surface area contributed by atoms with Crippen LogP contribution in [0.25, 0.3) is 0 Å². The Labute approximate surface area is 315 Å². The second-order valence-electron chi connectivity index (χ2n) is 12.0. The molecule has 0 fully saturated rings. The molecule has 11 nitrogen and oxygen atoms in total. The van der Waals surface area contributed by atoms with E-state index in [1.165, 1.54) is 12.6 Å². The van der Waals surface area contributed by atoms with Gasteiger partial charge in [0.1, 0.15) is 0 Å². The van der Waals surface area contributed by atoms with Gasteiger partial charge in [0, 0.05) is 27.1 Å². The molecule has 10 N–H and O–H groups in total. The molecule has 0 bridgehead atoms. The van der Waals surface area contributed by atoms with Crippen molar-refractivity contribution >= 4 is 23.7 Å². The van der Waals surface area contributed by atoms with E-state index in [4.69, 9.17) is 16.6 Å². The molecule has 3 amide bonds. The zero-order chi connectivity index (χ0) is 40.0. The van der Waals surface area contributed by atoms with Crippen LogP contribution in [0, 0.1) is 11.8 Å². The average Bonchev–Trinajstić information content (AvgIpc) is 3.19. The molecule has 0 heterocycles. The molecule has 4 rings (SSSR count). The molecule has 4 aromatic rings. The molecule has 0 saturated carbocycles. The highest BCUT2D eigenvalue weighted by Crippen LogP contribution is 2.09. The Hall–Kier alpha value is -5.36. The number of benzene rings is 4. The van der Waals surface area contributed by atoms with Crippen molar-refractivity contribution in [1.29, 1.82) is 0 Å². The molecule has 4 aromatic carbocycles. The largest absolute Gasteiger partial charge is 0.481 e. The SMILES string of the molecule is CC(Cc1ccccc1)C(=O)O.CN.CNC(=O)C(C)Cc1ccccc1.CNC(=O)C(N)Cc1ccccc1.CNC(=O)C(N)Cc1ccccc1. The van der Waals surface area contributed by atoms with Gasteiger partial charge in [-0.1, -0.05) is 135 Å². The molecule has 0 aliphatic carbocycles. The van der Waals surface area contributed by atoms with Crippen LogP contribution in [0.15, 0.2) is 121 Å². The van der Waals surface area contributed by atoms with Crippen LogP contribution >= 0.6 is 0 Å². The Morgan fingerprint density at radius 2 is 0.717 bits per heavy atom. The lowest BCUT2D eigenvalue weighted by Gasteiger charge is -2.09. The van der Waals surface area contributed by atoms with Crippen molar-refractivity contribution in [3.8, 4) is 0 Å². The summed E-state index contributed by atoms with van der Waals surface area (Å²) in [5.74, 6) is -1.13. The van der Waals surface area contributed by atoms with Crippen LogP contribution in [0.3, 0.4) is 0 Å². The van der Waals surface area contributed by atoms with E-state index in [0.717, 1.165) is 23.1 Å². The first-order valence-electron chi connectivity index (χ1n) is 17.5. The quantitative estimate of drug-likeness (QED) is 0.114. The number of carboxylic acid groups (broad SMARTS) is 1. The zero-order valence-corrected chi connectivity index (χ0v) is 32.0. The highest BCUT2D eigenvalue weighted by Gasteiger charge is 2.13. The number of carboxylic acids is 1. The number of carbonyl (C=O) groups is 4. The van der Waals surface area contributed by atoms with Crippen LogP contribution in [-0.4, -0.2) is 69.1 Å². The van der Waals surface area contributed by atoms with E-state index < -0.39 is 18.1 Å². The number of hydrogen-bond acceptors (Lipinski definition) is 7. The lowest BCUT2D eigenvalue weighted by Crippen LogP contribution is -2.40. The van der Waals surface area contributed by atoms with Gasteiger partial charge in [-0.25, -0.2) is 0 Å². The summed E-state index contributed by atoms with van der Waals surface area (Å²) >= 11 is 0. The average molecular weight is 729 g/mol. The van der Waals surface area contributed by atoms with E-state index in [1.807, 2.05) is 128 Å². The van der Waals surface area contributed by atoms with Gasteiger partial charge in [-0.2, -0.15) is 0 Å². The summed E-state index contributed by atoms with van der Waals surface area (Å²) in [6.45, 7) is 3.65. The summed E-state index contributed by atoms with van der Waals surface area (Å²) in [5, 5.41) is 16.3. The first kappa shape index (κ1) is 47.6. The third kappa shape index (κ3) is 22.2. The lowest BCUT2D eigenvalue weighted by atomic mass is 10.0. The highest BCUT2D eigenvalue weighted by atomic mass is 16.4. The predicted molar refractivity (Wildman–Crippen MR) is 215 cm³/mol. The summed E-state index contributed by atoms with van der Waals surface area (Å²) in [7, 11) is 6.35. The first-order valence-corrected chi connectivity index (χ1v) is 17.5. The maximum atomic E-state index is 11.2. The monoisotopic (exact) mass is 728 g/mol. The first-order chi connectivity index (χ1) is 25.4. The molecule has 11 heteroatoms. The van der Waals surface area contributed by atoms with Crippen LogP contribution in [0.4, 0.5) is 0 Å². The second kappa shape index (κ2) is 29.2. The van der Waals surface area contributed by atoms with Crippen molar-refractivity contribution in [1.82, 2.24) is 16.0 Å². The van der Waals surface area contributed by atoms with Crippen LogP contribution in [-0.2, 0) is 44.9 Å². The maximum absolute atomic E-state index is 11.2. The second-order valence-corrected chi connectivity index (χ2v) is 12.0. The van der Waals surface area contributed by atoms with Gasteiger partial charge in [0.15, 0.2) is 0 Å². The third-order valence-electron chi connectivity index (χ3n) is 7.65. The minimum Gasteiger partial charge on any atom is -0.481 e. The van der Waals surface area contributed by atoms with Gasteiger partial charge in [-0.15, -0.1) is 0 Å². The standard InChI is InChI=1S/C11H15NO.2C10H14N2O.C10H12O2.CH5N/c1-9(11(13)12-2)8-10-6-4-3-5-7-10;2*1-12-10(13)9(11)7-8-5-3-2-4-6-8;1-8(10(11)12)7-9-5-3-2-4-6-9;1-2/h3-7,9H,8H2,1-2H3,(H,12,13);2*2-6,9H,7,11H2,1H3,(H,12,13);2-6,8H,7H2,1H3,(H,11,12);2H2,1H3. The molecule has 0 aliphatic heterocycles. The summed E-state index contributed by atoms with van der Waals surface area (Å²) < 4.78 is 0. The Morgan fingerprint density at radius 1 is 0.472 bits per heavy atom. The van der Waals surface area contributed by atoms with E-state index in [-0.39, 0.29) is 29.6 Å². The van der Waals surface area contributed by atoms with Gasteiger partial charge in [0.2, 0.25) is 17.7 Å². The van der Waals surface area contributed by atoms with Crippen LogP contribution in [0.2, 0.25) is 0 Å². The Bertz CT molecular complexity index is 1400. The fourth-order valence-corrected chi connectivity index (χ4v) is 4.65. The minimum absolute atomic E-state index is 0.0485. The van der Waals surface area contributed by atoms with E-state index in [1.54, 1.807) is 28.1 Å². The number of likely N-dealkylation sites (N-methyl/N-ethyl adjacent to an activating group) is 2. The molecule has 0 radical (unpaired) electrons. The van der Waals surface area contributed by atoms with Gasteiger partial charge in [0.25, 0.3) is 0 Å². The molecule has 0 spiro atoms. The van der Waals surface area contributed by atoms with Gasteiger partial charge >= 0.3 is 5.97 Å². The molecular formula is C42H60N6O5. The zero-order valence-electron chi connectivity index (χ0n) is 32.0. The summed E-state index contributed by atoms with van der Waals surface area (Å²) in [5.41, 5.74) is 20.2. The molecule has 4 atom stereocenters. The number of hydrogen-bond donors (Lipinski definition) is 7. The van der Waals surface area contributed by atoms with E-state index >= 15 is 0 Å². The van der Waals surface area contributed by atoms with E-state index in [9.17, 15) is 19.2 Å². The number of rotatable bonds is 12. The lowest BCUT2D eigenvalue weighted by molar-refractivity contribution is -0.141. The van der Waals surface area contributed by atoms with Crippen LogP contribution in [0.5, 0.6) is 0 Å². The smallest absolute Gasteiger partial charge is 0.306 e. The normalized spacial score (nSPS) is 11.9. The van der Waals surface area contributed by atoms with Gasteiger partial charge in [0.05, 0.1) is 18.0 Å². The van der Waals surface area contributed by atoms with Gasteiger partial charge < -0.3 is 38.3 Å². The van der Waals surface area contributed by atoms with Crippen LogP contribution < -0.4 is 33.2 Å². The molecule has 288 valence electrons. The molecule has 53 heavy (non-hydrogen) atoms. The third-order valence-corrected chi connectivity index (χ3v) is 7.65. The maximum Gasteiger partial charge on any atom is 0.306 e. The van der Waals surface area contributed by atoms with E-state index in [2.05, 4.69) is 21.7 Å². The fourth-order valence-electron chi connectivity index (χ4n) is 4.65. The fraction of sp³-hybridized carbons (Fsp3) is 0.333. The predicted octanol–water partition coefficient (Wildman–Crippen LogP) is 3.74. The Kier molecular flexibility index (Phi) is 26.3. The van der Waals surface area contributed by atoms with Crippen molar-refractivity contribution in [2.24, 2.45) is 29.0 Å². The van der Waals surface area contributed by atoms with Gasteiger partial charge in [-0.05, 0) is 55.0 Å². The van der Waals surface area contributed by atoms with E-state index in [0.29, 0.717) is 19.3 Å². The highest BCUT2D eigenvalue weighted by molar-refractivity contribution is 5.82. The van der Waals surface area contributed by atoms with Crippen molar-refractivity contribution in [2.45, 2.75) is 51.6 Å². The van der Waals surface area contributed by atoms with Gasteiger partial charge in [-0.3, -0.25) is 19.2 Å². The minimum atomic E-state index is -0.737.